The normalized spacial score (nSPS) is 14.4. The molecule has 1 aliphatic heterocycles. The lowest BCUT2D eigenvalue weighted by molar-refractivity contribution is -0.117. The van der Waals surface area contributed by atoms with Crippen molar-refractivity contribution in [3.05, 3.63) is 92.4 Å². The van der Waals surface area contributed by atoms with Crippen molar-refractivity contribution in [1.82, 2.24) is 10.6 Å². The highest BCUT2D eigenvalue weighted by atomic mass is 79.9. The van der Waals surface area contributed by atoms with Gasteiger partial charge in [-0.05, 0) is 67.3 Å². The van der Waals surface area contributed by atoms with Gasteiger partial charge in [0.1, 0.15) is 0 Å². The van der Waals surface area contributed by atoms with Gasteiger partial charge < -0.3 is 26.0 Å². The largest absolute Gasteiger partial charge is 0.390 e. The minimum Gasteiger partial charge on any atom is -0.390 e. The number of carbonyl (C=O) groups is 2. The summed E-state index contributed by atoms with van der Waals surface area (Å²) in [5, 5.41) is 20.8. The molecule has 7 nitrogen and oxygen atoms in total. The van der Waals surface area contributed by atoms with Crippen LogP contribution in [0.15, 0.2) is 75.7 Å². The zero-order valence-corrected chi connectivity index (χ0v) is 26.3. The van der Waals surface area contributed by atoms with E-state index >= 15 is 0 Å². The summed E-state index contributed by atoms with van der Waals surface area (Å²) in [5.41, 5.74) is 4.02. The number of amides is 2. The van der Waals surface area contributed by atoms with Crippen LogP contribution in [0.4, 0.5) is 11.4 Å². The monoisotopic (exact) mass is 692 g/mol. The number of hydrogen-bond acceptors (Lipinski definition) is 5. The molecule has 0 unspecified atom stereocenters. The average molecular weight is 695 g/mol. The highest BCUT2D eigenvalue weighted by Crippen LogP contribution is 2.27. The molecule has 1 aliphatic rings. The average Bonchev–Trinajstić information content (AvgIpc) is 3.34. The van der Waals surface area contributed by atoms with Crippen LogP contribution in [0.25, 0.3) is 0 Å². The molecule has 0 saturated carbocycles. The minimum absolute atomic E-state index is 0. The molecule has 4 rings (SSSR count). The van der Waals surface area contributed by atoms with Gasteiger partial charge in [-0.2, -0.15) is 0 Å². The van der Waals surface area contributed by atoms with E-state index in [9.17, 15) is 14.7 Å². The number of aliphatic hydroxyl groups excluding tert-OH is 1. The van der Waals surface area contributed by atoms with Gasteiger partial charge in [-0.3, -0.25) is 9.59 Å². The molecule has 4 N–H and O–H groups in total. The molecule has 2 atom stereocenters. The maximum absolute atomic E-state index is 13.5. The van der Waals surface area contributed by atoms with E-state index in [1.54, 1.807) is 17.0 Å². The molecule has 10 heteroatoms. The van der Waals surface area contributed by atoms with Crippen LogP contribution < -0.4 is 20.9 Å². The Morgan fingerprint density at radius 3 is 2.40 bits per heavy atom. The fraction of sp³-hybridized carbons (Fsp3) is 0.333. The van der Waals surface area contributed by atoms with Gasteiger partial charge in [0.05, 0.1) is 12.1 Å². The van der Waals surface area contributed by atoms with Crippen molar-refractivity contribution >= 4 is 67.5 Å². The van der Waals surface area contributed by atoms with Gasteiger partial charge in [-0.1, -0.05) is 62.2 Å². The number of benzene rings is 3. The van der Waals surface area contributed by atoms with Gasteiger partial charge >= 0.3 is 0 Å². The highest BCUT2D eigenvalue weighted by molar-refractivity contribution is 9.11. The van der Waals surface area contributed by atoms with Crippen LogP contribution in [0.5, 0.6) is 0 Å². The number of halogens is 3. The zero-order chi connectivity index (χ0) is 27.8. The van der Waals surface area contributed by atoms with E-state index in [1.165, 1.54) is 0 Å². The minimum atomic E-state index is -0.832. The molecule has 0 aromatic heterocycles. The molecule has 1 heterocycles. The van der Waals surface area contributed by atoms with Crippen molar-refractivity contribution in [2.75, 3.05) is 29.9 Å². The number of anilines is 2. The van der Waals surface area contributed by atoms with E-state index < -0.39 is 12.1 Å². The SMILES string of the molecule is CCNc1cc(C(=O)N[C@@H](Cc2ccccc2)[C@H](O)CNCc2cc(Br)cc(Br)c2)cc(N2CCCC2=O)c1.Cl. The quantitative estimate of drug-likeness (QED) is 0.196. The summed E-state index contributed by atoms with van der Waals surface area (Å²) in [6, 6.07) is 20.8. The molecule has 40 heavy (non-hydrogen) atoms. The van der Waals surface area contributed by atoms with Crippen molar-refractivity contribution in [1.29, 1.82) is 0 Å². The summed E-state index contributed by atoms with van der Waals surface area (Å²) in [6.07, 6.45) is 0.965. The molecule has 2 amide bonds. The molecule has 1 saturated heterocycles. The summed E-state index contributed by atoms with van der Waals surface area (Å²) in [4.78, 5) is 27.7. The first-order valence-electron chi connectivity index (χ1n) is 13.2. The van der Waals surface area contributed by atoms with Gasteiger partial charge in [-0.25, -0.2) is 0 Å². The maximum Gasteiger partial charge on any atom is 0.251 e. The lowest BCUT2D eigenvalue weighted by Gasteiger charge is -2.25. The Morgan fingerprint density at radius 1 is 1.02 bits per heavy atom. The Hall–Kier alpha value is -2.43. The first kappa shape index (κ1) is 32.1. The van der Waals surface area contributed by atoms with Gasteiger partial charge in [0.15, 0.2) is 0 Å². The van der Waals surface area contributed by atoms with E-state index in [0.717, 1.165) is 32.2 Å². The first-order chi connectivity index (χ1) is 18.8. The lowest BCUT2D eigenvalue weighted by atomic mass is 10.00. The van der Waals surface area contributed by atoms with Crippen molar-refractivity contribution in [2.45, 2.75) is 44.9 Å². The molecule has 0 aliphatic carbocycles. The zero-order valence-electron chi connectivity index (χ0n) is 22.3. The Bertz CT molecular complexity index is 1270. The topological polar surface area (TPSA) is 93.7 Å². The van der Waals surface area contributed by atoms with Crippen LogP contribution in [0, 0.1) is 0 Å². The van der Waals surface area contributed by atoms with Gasteiger partial charge in [-0.15, -0.1) is 12.4 Å². The Morgan fingerprint density at radius 2 is 1.75 bits per heavy atom. The first-order valence-corrected chi connectivity index (χ1v) is 14.8. The van der Waals surface area contributed by atoms with Crippen LogP contribution in [-0.4, -0.2) is 48.7 Å². The summed E-state index contributed by atoms with van der Waals surface area (Å²) in [5.74, 6) is -0.227. The fourth-order valence-electron chi connectivity index (χ4n) is 4.75. The summed E-state index contributed by atoms with van der Waals surface area (Å²) in [6.45, 7) is 4.19. The van der Waals surface area contributed by atoms with E-state index in [1.807, 2.05) is 61.5 Å². The molecule has 0 radical (unpaired) electrons. The van der Waals surface area contributed by atoms with E-state index in [0.29, 0.717) is 50.3 Å². The van der Waals surface area contributed by atoms with Crippen molar-refractivity contribution in [3.63, 3.8) is 0 Å². The predicted octanol–water partition coefficient (Wildman–Crippen LogP) is 5.68. The number of nitrogens with zero attached hydrogens (tertiary/aromatic N) is 1. The second-order valence-electron chi connectivity index (χ2n) is 9.69. The number of aliphatic hydroxyl groups is 1. The van der Waals surface area contributed by atoms with Crippen LogP contribution >= 0.6 is 44.3 Å². The fourth-order valence-corrected chi connectivity index (χ4v) is 6.14. The highest BCUT2D eigenvalue weighted by Gasteiger charge is 2.25. The number of nitrogens with one attached hydrogen (secondary N) is 3. The van der Waals surface area contributed by atoms with Crippen LogP contribution in [0.1, 0.15) is 41.3 Å². The molecule has 0 spiro atoms. The van der Waals surface area contributed by atoms with Crippen molar-refractivity contribution in [3.8, 4) is 0 Å². The van der Waals surface area contributed by atoms with E-state index in [4.69, 9.17) is 0 Å². The van der Waals surface area contributed by atoms with Crippen molar-refractivity contribution in [2.24, 2.45) is 0 Å². The van der Waals surface area contributed by atoms with E-state index in [2.05, 4.69) is 47.8 Å². The Labute approximate surface area is 258 Å². The van der Waals surface area contributed by atoms with Crippen LogP contribution in [0.2, 0.25) is 0 Å². The summed E-state index contributed by atoms with van der Waals surface area (Å²) in [7, 11) is 0. The van der Waals surface area contributed by atoms with Gasteiger partial charge in [0.25, 0.3) is 5.91 Å². The number of rotatable bonds is 12. The third-order valence-corrected chi connectivity index (χ3v) is 7.55. The second-order valence-corrected chi connectivity index (χ2v) is 11.5. The molecular formula is C30H35Br2ClN4O3. The number of hydrogen-bond donors (Lipinski definition) is 4. The maximum atomic E-state index is 13.5. The molecule has 1 fully saturated rings. The molecule has 3 aromatic carbocycles. The molecule has 214 valence electrons. The second kappa shape index (κ2) is 15.5. The molecule has 0 bridgehead atoms. The molecule has 3 aromatic rings. The standard InChI is InChI=1S/C30H34Br2N4O3.ClH/c1-2-34-25-14-22(15-26(17-25)36-10-6-9-29(36)38)30(39)35-27(13-20-7-4-3-5-8-20)28(37)19-33-18-21-11-23(31)16-24(32)12-21;/h3-5,7-8,11-12,14-17,27-28,33-34,37H,2,6,9-10,13,18-19H2,1H3,(H,35,39);1H/t27-,28+;/m0./s1. The summed E-state index contributed by atoms with van der Waals surface area (Å²) < 4.78 is 1.94. The Balaban J connectivity index is 0.00000441. The predicted molar refractivity (Wildman–Crippen MR) is 170 cm³/mol. The van der Waals surface area contributed by atoms with Crippen LogP contribution in [-0.2, 0) is 17.8 Å². The van der Waals surface area contributed by atoms with Crippen molar-refractivity contribution < 1.29 is 14.7 Å². The van der Waals surface area contributed by atoms with Gasteiger partial charge in [0, 0.05) is 58.5 Å². The lowest BCUT2D eigenvalue weighted by Crippen LogP contribution is -2.48. The van der Waals surface area contributed by atoms with Gasteiger partial charge in [0.2, 0.25) is 5.91 Å². The van der Waals surface area contributed by atoms with Crippen LogP contribution in [0.3, 0.4) is 0 Å². The molecular weight excluding hydrogens is 660 g/mol. The van der Waals surface area contributed by atoms with E-state index in [-0.39, 0.29) is 24.2 Å². The third-order valence-electron chi connectivity index (χ3n) is 6.63. The number of carbonyl (C=O) groups excluding carboxylic acids is 2. The Kier molecular flexibility index (Phi) is 12.5. The smallest absolute Gasteiger partial charge is 0.251 e. The summed E-state index contributed by atoms with van der Waals surface area (Å²) >= 11 is 7.01. The third kappa shape index (κ3) is 9.04.